The molecule has 24 heavy (non-hydrogen) atoms. The van der Waals surface area contributed by atoms with Crippen molar-refractivity contribution in [2.24, 2.45) is 0 Å². The minimum atomic E-state index is -0.381. The van der Waals surface area contributed by atoms with Crippen molar-refractivity contribution < 1.29 is 19.0 Å². The molecule has 0 aliphatic heterocycles. The number of ether oxygens (including phenoxy) is 3. The maximum absolute atomic E-state index is 12.1. The molecule has 0 aromatic heterocycles. The van der Waals surface area contributed by atoms with Gasteiger partial charge in [-0.1, -0.05) is 39.1 Å². The van der Waals surface area contributed by atoms with Crippen molar-refractivity contribution in [2.45, 2.75) is 0 Å². The lowest BCUT2D eigenvalue weighted by molar-refractivity contribution is -0.118. The van der Waals surface area contributed by atoms with E-state index in [9.17, 15) is 4.79 Å². The number of carbonyl (C=O) groups excluding carboxylic acids is 1. The molecule has 0 atom stereocenters. The fraction of sp³-hybridized carbons (Fsp3) is 0.188. The Balaban J connectivity index is 2.08. The molecule has 0 saturated heterocycles. The van der Waals surface area contributed by atoms with Crippen LogP contribution in [0.5, 0.6) is 17.2 Å². The van der Waals surface area contributed by atoms with E-state index in [0.717, 1.165) is 4.47 Å². The number of anilines is 1. The van der Waals surface area contributed by atoms with E-state index in [1.165, 1.54) is 14.2 Å². The van der Waals surface area contributed by atoms with E-state index < -0.39 is 0 Å². The Kier molecular flexibility index (Phi) is 6.60. The van der Waals surface area contributed by atoms with Crippen LogP contribution in [0.1, 0.15) is 0 Å². The van der Waals surface area contributed by atoms with Gasteiger partial charge in [-0.05, 0) is 18.2 Å². The molecule has 5 nitrogen and oxygen atoms in total. The summed E-state index contributed by atoms with van der Waals surface area (Å²) >= 11 is 15.4. The first-order valence-electron chi connectivity index (χ1n) is 6.73. The third kappa shape index (κ3) is 4.69. The van der Waals surface area contributed by atoms with Gasteiger partial charge in [0.15, 0.2) is 6.61 Å². The van der Waals surface area contributed by atoms with E-state index in [2.05, 4.69) is 21.2 Å². The summed E-state index contributed by atoms with van der Waals surface area (Å²) in [5.74, 6) is 0.855. The predicted octanol–water partition coefficient (Wildman–Crippen LogP) is 4.79. The highest BCUT2D eigenvalue weighted by molar-refractivity contribution is 9.10. The lowest BCUT2D eigenvalue weighted by atomic mass is 10.2. The molecule has 1 N–H and O–H groups in total. The minimum Gasteiger partial charge on any atom is -0.495 e. The molecule has 0 bridgehead atoms. The summed E-state index contributed by atoms with van der Waals surface area (Å²) in [6.07, 6.45) is 0. The van der Waals surface area contributed by atoms with Gasteiger partial charge in [0.1, 0.15) is 17.2 Å². The zero-order chi connectivity index (χ0) is 17.7. The molecule has 2 aromatic carbocycles. The van der Waals surface area contributed by atoms with Crippen LogP contribution in [0.15, 0.2) is 34.8 Å². The maximum atomic E-state index is 12.1. The first-order chi connectivity index (χ1) is 11.4. The van der Waals surface area contributed by atoms with Crippen molar-refractivity contribution in [1.29, 1.82) is 0 Å². The Morgan fingerprint density at radius 1 is 1.04 bits per heavy atom. The predicted molar refractivity (Wildman–Crippen MR) is 97.8 cm³/mol. The van der Waals surface area contributed by atoms with Gasteiger partial charge in [-0.25, -0.2) is 0 Å². The Bertz CT molecular complexity index is 755. The number of amides is 1. The van der Waals surface area contributed by atoms with Crippen molar-refractivity contribution >= 4 is 50.7 Å². The summed E-state index contributed by atoms with van der Waals surface area (Å²) in [4.78, 5) is 12.1. The van der Waals surface area contributed by atoms with Crippen molar-refractivity contribution in [2.75, 3.05) is 26.1 Å². The van der Waals surface area contributed by atoms with Gasteiger partial charge in [-0.2, -0.15) is 0 Å². The van der Waals surface area contributed by atoms with Crippen LogP contribution in [0, 0.1) is 0 Å². The summed E-state index contributed by atoms with van der Waals surface area (Å²) in [6, 6.07) is 8.26. The number of benzene rings is 2. The van der Waals surface area contributed by atoms with Crippen molar-refractivity contribution in [1.82, 2.24) is 0 Å². The van der Waals surface area contributed by atoms with Crippen LogP contribution in [-0.4, -0.2) is 26.7 Å². The van der Waals surface area contributed by atoms with Gasteiger partial charge in [-0.15, -0.1) is 0 Å². The van der Waals surface area contributed by atoms with Gasteiger partial charge >= 0.3 is 0 Å². The van der Waals surface area contributed by atoms with Gasteiger partial charge < -0.3 is 19.5 Å². The van der Waals surface area contributed by atoms with Crippen molar-refractivity contribution in [3.05, 3.63) is 44.8 Å². The van der Waals surface area contributed by atoms with Gasteiger partial charge in [-0.3, -0.25) is 4.79 Å². The van der Waals surface area contributed by atoms with E-state index in [-0.39, 0.29) is 12.5 Å². The molecule has 0 fully saturated rings. The Labute approximate surface area is 157 Å². The highest BCUT2D eigenvalue weighted by atomic mass is 79.9. The summed E-state index contributed by atoms with van der Waals surface area (Å²) in [5, 5.41) is 3.48. The van der Waals surface area contributed by atoms with Crippen LogP contribution >= 0.6 is 39.1 Å². The second-order valence-corrected chi connectivity index (χ2v) is 6.33. The van der Waals surface area contributed by atoms with Crippen LogP contribution in [0.25, 0.3) is 0 Å². The minimum absolute atomic E-state index is 0.218. The molecule has 0 saturated carbocycles. The molecule has 0 heterocycles. The standard InChI is InChI=1S/C16H14BrCl2NO4/c1-22-13-7-12(15(23-2)6-11(13)19)20-16(21)8-24-14-5-9(17)3-4-10(14)18/h3-7H,8H2,1-2H3,(H,20,21). The van der Waals surface area contributed by atoms with Crippen LogP contribution in [0.3, 0.4) is 0 Å². The van der Waals surface area contributed by atoms with Gasteiger partial charge in [0.05, 0.1) is 30.0 Å². The number of carbonyl (C=O) groups is 1. The average Bonchev–Trinajstić information content (AvgIpc) is 2.56. The van der Waals surface area contributed by atoms with E-state index in [1.54, 1.807) is 30.3 Å². The number of hydrogen-bond acceptors (Lipinski definition) is 4. The highest BCUT2D eigenvalue weighted by Crippen LogP contribution is 2.36. The maximum Gasteiger partial charge on any atom is 0.262 e. The first kappa shape index (κ1) is 18.7. The SMILES string of the molecule is COc1cc(NC(=O)COc2cc(Br)ccc2Cl)c(OC)cc1Cl. The van der Waals surface area contributed by atoms with E-state index in [1.807, 2.05) is 0 Å². The largest absolute Gasteiger partial charge is 0.495 e. The zero-order valence-corrected chi connectivity index (χ0v) is 16.0. The van der Waals surface area contributed by atoms with Gasteiger partial charge in [0, 0.05) is 16.6 Å². The second kappa shape index (κ2) is 8.46. The first-order valence-corrected chi connectivity index (χ1v) is 8.28. The van der Waals surface area contributed by atoms with Crippen molar-refractivity contribution in [3.8, 4) is 17.2 Å². The number of hydrogen-bond donors (Lipinski definition) is 1. The molecule has 8 heteroatoms. The molecule has 0 spiro atoms. The molecule has 0 aliphatic rings. The number of nitrogens with one attached hydrogen (secondary N) is 1. The van der Waals surface area contributed by atoms with Crippen LogP contribution in [0.4, 0.5) is 5.69 Å². The molecule has 0 radical (unpaired) electrons. The molecule has 2 aromatic rings. The Hall–Kier alpha value is -1.63. The molecule has 0 unspecified atom stereocenters. The summed E-state index contributed by atoms with van der Waals surface area (Å²) in [7, 11) is 2.96. The van der Waals surface area contributed by atoms with Crippen LogP contribution in [-0.2, 0) is 4.79 Å². The number of methoxy groups -OCH3 is 2. The smallest absolute Gasteiger partial charge is 0.262 e. The van der Waals surface area contributed by atoms with E-state index in [4.69, 9.17) is 37.4 Å². The summed E-state index contributed by atoms with van der Waals surface area (Å²) < 4.78 is 16.6. The quantitative estimate of drug-likeness (QED) is 0.709. The fourth-order valence-electron chi connectivity index (χ4n) is 1.88. The lowest BCUT2D eigenvalue weighted by Crippen LogP contribution is -2.20. The van der Waals surface area contributed by atoms with Crippen molar-refractivity contribution in [3.63, 3.8) is 0 Å². The van der Waals surface area contributed by atoms with E-state index in [0.29, 0.717) is 33.0 Å². The van der Waals surface area contributed by atoms with Gasteiger partial charge in [0.25, 0.3) is 5.91 Å². The van der Waals surface area contributed by atoms with Crippen LogP contribution in [0.2, 0.25) is 10.0 Å². The fourth-order valence-corrected chi connectivity index (χ4v) is 2.62. The molecular formula is C16H14BrCl2NO4. The lowest BCUT2D eigenvalue weighted by Gasteiger charge is -2.14. The third-order valence-corrected chi connectivity index (χ3v) is 4.10. The Morgan fingerprint density at radius 3 is 2.42 bits per heavy atom. The highest BCUT2D eigenvalue weighted by Gasteiger charge is 2.13. The summed E-state index contributed by atoms with van der Waals surface area (Å²) in [5.41, 5.74) is 0.424. The molecular weight excluding hydrogens is 421 g/mol. The van der Waals surface area contributed by atoms with E-state index >= 15 is 0 Å². The van der Waals surface area contributed by atoms with Gasteiger partial charge in [0.2, 0.25) is 0 Å². The molecule has 1 amide bonds. The van der Waals surface area contributed by atoms with Crippen LogP contribution < -0.4 is 19.5 Å². The number of halogens is 3. The molecule has 128 valence electrons. The monoisotopic (exact) mass is 433 g/mol. The summed E-state index contributed by atoms with van der Waals surface area (Å²) in [6.45, 7) is -0.218. The average molecular weight is 435 g/mol. The molecule has 2 rings (SSSR count). The Morgan fingerprint density at radius 2 is 1.75 bits per heavy atom. The zero-order valence-electron chi connectivity index (χ0n) is 12.9. The molecule has 0 aliphatic carbocycles. The topological polar surface area (TPSA) is 56.8 Å². The normalized spacial score (nSPS) is 10.2. The second-order valence-electron chi connectivity index (χ2n) is 4.60. The third-order valence-electron chi connectivity index (χ3n) is 3.00. The number of rotatable bonds is 6.